The van der Waals surface area contributed by atoms with Crippen LogP contribution in [0, 0.1) is 0 Å². The first-order chi connectivity index (χ1) is 18.6. The van der Waals surface area contributed by atoms with Gasteiger partial charge in [0.2, 0.25) is 0 Å². The number of hydrogen-bond acceptors (Lipinski definition) is 9. The molecule has 2 rings (SSSR count). The van der Waals surface area contributed by atoms with Gasteiger partial charge in [-0.15, -0.1) is 0 Å². The molecular weight excluding hydrogens is 496 g/mol. The number of rotatable bonds is 23. The van der Waals surface area contributed by atoms with Crippen molar-refractivity contribution in [1.29, 1.82) is 0 Å². The molecular formula is C27H40N2O9. The molecule has 3 amide bonds. The molecule has 1 aromatic rings. The molecule has 0 aliphatic carbocycles. The van der Waals surface area contributed by atoms with Gasteiger partial charge in [-0.25, -0.2) is 0 Å². The zero-order valence-corrected chi connectivity index (χ0v) is 22.2. The normalized spacial score (nSPS) is 13.0. The predicted molar refractivity (Wildman–Crippen MR) is 139 cm³/mol. The van der Waals surface area contributed by atoms with Crippen LogP contribution in [-0.2, 0) is 44.6 Å². The van der Waals surface area contributed by atoms with E-state index in [2.05, 4.69) is 12.2 Å². The number of amides is 3. The predicted octanol–water partition coefficient (Wildman–Crippen LogP) is 1.35. The van der Waals surface area contributed by atoms with Gasteiger partial charge < -0.3 is 33.7 Å². The Morgan fingerprint density at radius 1 is 0.658 bits per heavy atom. The molecule has 11 heteroatoms. The van der Waals surface area contributed by atoms with Gasteiger partial charge in [-0.1, -0.05) is 19.1 Å². The first kappa shape index (κ1) is 31.5. The molecule has 212 valence electrons. The van der Waals surface area contributed by atoms with Crippen LogP contribution < -0.4 is 5.32 Å². The maximum Gasteiger partial charge on any atom is 0.253 e. The molecule has 0 unspecified atom stereocenters. The molecule has 0 fully saturated rings. The summed E-state index contributed by atoms with van der Waals surface area (Å²) in [6.45, 7) is 8.81. The summed E-state index contributed by atoms with van der Waals surface area (Å²) < 4.78 is 32.5. The highest BCUT2D eigenvalue weighted by Crippen LogP contribution is 2.12. The molecule has 1 heterocycles. The molecule has 0 radical (unpaired) electrons. The lowest BCUT2D eigenvalue weighted by molar-refractivity contribution is -0.137. The molecule has 11 nitrogen and oxygen atoms in total. The van der Waals surface area contributed by atoms with Gasteiger partial charge in [0, 0.05) is 30.9 Å². The zero-order chi connectivity index (χ0) is 27.3. The summed E-state index contributed by atoms with van der Waals surface area (Å²) in [6, 6.07) is 6.76. The second-order valence-corrected chi connectivity index (χ2v) is 8.22. The Morgan fingerprint density at radius 3 is 1.53 bits per heavy atom. The average molecular weight is 537 g/mol. The fourth-order valence-electron chi connectivity index (χ4n) is 3.22. The molecule has 1 aliphatic heterocycles. The van der Waals surface area contributed by atoms with Crippen molar-refractivity contribution in [3.63, 3.8) is 0 Å². The lowest BCUT2D eigenvalue weighted by atomic mass is 10.1. The third-order valence-electron chi connectivity index (χ3n) is 5.20. The minimum Gasteiger partial charge on any atom is -0.379 e. The van der Waals surface area contributed by atoms with Crippen LogP contribution in [0.2, 0.25) is 0 Å². The Kier molecular flexibility index (Phi) is 16.9. The second kappa shape index (κ2) is 20.3. The van der Waals surface area contributed by atoms with E-state index < -0.39 is 0 Å². The van der Waals surface area contributed by atoms with E-state index in [1.807, 2.05) is 0 Å². The number of carbonyl (C=O) groups excluding carboxylic acids is 3. The molecule has 0 saturated heterocycles. The molecule has 38 heavy (non-hydrogen) atoms. The Bertz CT molecular complexity index is 827. The number of hydrogen-bond donors (Lipinski definition) is 1. The van der Waals surface area contributed by atoms with E-state index in [0.717, 1.165) is 23.5 Å². The summed E-state index contributed by atoms with van der Waals surface area (Å²) in [5.41, 5.74) is 1.25. The van der Waals surface area contributed by atoms with Crippen LogP contribution >= 0.6 is 0 Å². The Hall–Kier alpha value is -2.67. The van der Waals surface area contributed by atoms with Crippen LogP contribution in [0.3, 0.4) is 0 Å². The number of nitrogens with one attached hydrogen (secondary N) is 1. The molecule has 0 bridgehead atoms. The van der Waals surface area contributed by atoms with Crippen LogP contribution in [0.1, 0.15) is 29.3 Å². The molecule has 1 aliphatic rings. The van der Waals surface area contributed by atoms with Crippen molar-refractivity contribution in [2.24, 2.45) is 0 Å². The molecule has 0 atom stereocenters. The van der Waals surface area contributed by atoms with Gasteiger partial charge in [0.1, 0.15) is 0 Å². The van der Waals surface area contributed by atoms with Gasteiger partial charge in [0.05, 0.1) is 79.2 Å². The minimum atomic E-state index is -0.335. The topological polar surface area (TPSA) is 122 Å². The Morgan fingerprint density at radius 2 is 1.08 bits per heavy atom. The molecule has 1 aromatic carbocycles. The van der Waals surface area contributed by atoms with Crippen molar-refractivity contribution < 1.29 is 42.8 Å². The van der Waals surface area contributed by atoms with E-state index in [1.54, 1.807) is 24.3 Å². The van der Waals surface area contributed by atoms with Gasteiger partial charge in [0.15, 0.2) is 0 Å². The van der Waals surface area contributed by atoms with E-state index >= 15 is 0 Å². The van der Waals surface area contributed by atoms with Gasteiger partial charge in [0.25, 0.3) is 17.7 Å². The van der Waals surface area contributed by atoms with Crippen molar-refractivity contribution in [2.45, 2.75) is 19.9 Å². The van der Waals surface area contributed by atoms with E-state index in [1.165, 1.54) is 12.2 Å². The van der Waals surface area contributed by atoms with Gasteiger partial charge in [-0.2, -0.15) is 0 Å². The standard InChI is InChI=1S/C27H40N2O9/c1-2-10-33-12-14-35-16-18-37-20-21-38-19-17-36-15-13-34-11-9-28-27(32)24-5-3-23(4-6-24)22-29-25(30)7-8-26(29)31/h3-8H,2,9-22H2,1H3,(H,28,32). The highest BCUT2D eigenvalue weighted by atomic mass is 16.6. The monoisotopic (exact) mass is 536 g/mol. The van der Waals surface area contributed by atoms with E-state index in [9.17, 15) is 14.4 Å². The van der Waals surface area contributed by atoms with Crippen molar-refractivity contribution in [3.8, 4) is 0 Å². The largest absolute Gasteiger partial charge is 0.379 e. The third kappa shape index (κ3) is 13.8. The van der Waals surface area contributed by atoms with E-state index in [0.29, 0.717) is 84.8 Å². The van der Waals surface area contributed by atoms with E-state index in [-0.39, 0.29) is 24.3 Å². The van der Waals surface area contributed by atoms with Crippen LogP contribution in [0.5, 0.6) is 0 Å². The van der Waals surface area contributed by atoms with Crippen LogP contribution in [0.4, 0.5) is 0 Å². The van der Waals surface area contributed by atoms with Crippen molar-refractivity contribution >= 4 is 17.7 Å². The SMILES string of the molecule is CCCOCCOCCOCCOCCOCCOCCNC(=O)c1ccc(CN2C(=O)C=CC2=O)cc1. The second-order valence-electron chi connectivity index (χ2n) is 8.22. The summed E-state index contributed by atoms with van der Waals surface area (Å²) in [7, 11) is 0. The van der Waals surface area contributed by atoms with E-state index in [4.69, 9.17) is 28.4 Å². The Balaban J connectivity index is 1.35. The molecule has 0 saturated carbocycles. The molecule has 1 N–H and O–H groups in total. The highest BCUT2D eigenvalue weighted by molar-refractivity contribution is 6.12. The quantitative estimate of drug-likeness (QED) is 0.163. The smallest absolute Gasteiger partial charge is 0.253 e. The number of benzene rings is 1. The first-order valence-corrected chi connectivity index (χ1v) is 13.0. The van der Waals surface area contributed by atoms with Gasteiger partial charge >= 0.3 is 0 Å². The maximum absolute atomic E-state index is 12.2. The minimum absolute atomic E-state index is 0.176. The number of imide groups is 1. The first-order valence-electron chi connectivity index (χ1n) is 13.0. The van der Waals surface area contributed by atoms with Crippen LogP contribution in [0.15, 0.2) is 36.4 Å². The lowest BCUT2D eigenvalue weighted by Crippen LogP contribution is -2.29. The highest BCUT2D eigenvalue weighted by Gasteiger charge is 2.23. The number of ether oxygens (including phenoxy) is 6. The third-order valence-corrected chi connectivity index (χ3v) is 5.20. The molecule has 0 spiro atoms. The Labute approximate surface area is 224 Å². The summed E-state index contributed by atoms with van der Waals surface area (Å²) in [4.78, 5) is 36.7. The number of nitrogens with zero attached hydrogens (tertiary/aromatic N) is 1. The zero-order valence-electron chi connectivity index (χ0n) is 22.2. The summed E-state index contributed by atoms with van der Waals surface area (Å²) in [5, 5.41) is 2.78. The average Bonchev–Trinajstić information content (AvgIpc) is 3.24. The van der Waals surface area contributed by atoms with Gasteiger partial charge in [-0.3, -0.25) is 19.3 Å². The van der Waals surface area contributed by atoms with Crippen LogP contribution in [0.25, 0.3) is 0 Å². The molecule has 0 aromatic heterocycles. The van der Waals surface area contributed by atoms with Crippen molar-refractivity contribution in [2.75, 3.05) is 85.8 Å². The number of carbonyl (C=O) groups is 3. The van der Waals surface area contributed by atoms with Crippen molar-refractivity contribution in [3.05, 3.63) is 47.5 Å². The lowest BCUT2D eigenvalue weighted by Gasteiger charge is -2.14. The van der Waals surface area contributed by atoms with Crippen LogP contribution in [-0.4, -0.2) is 108 Å². The maximum atomic E-state index is 12.2. The van der Waals surface area contributed by atoms with Gasteiger partial charge in [-0.05, 0) is 24.1 Å². The fourth-order valence-corrected chi connectivity index (χ4v) is 3.22. The van der Waals surface area contributed by atoms with Crippen molar-refractivity contribution in [1.82, 2.24) is 10.2 Å². The summed E-state index contributed by atoms with van der Waals surface area (Å²) in [5.74, 6) is -0.894. The fraction of sp³-hybridized carbons (Fsp3) is 0.593. The summed E-state index contributed by atoms with van der Waals surface area (Å²) >= 11 is 0. The summed E-state index contributed by atoms with van der Waals surface area (Å²) in [6.07, 6.45) is 3.51.